The number of imidazole rings is 1. The second-order valence-electron chi connectivity index (χ2n) is 5.69. The van der Waals surface area contributed by atoms with Gasteiger partial charge < -0.3 is 10.3 Å². The molecule has 0 spiro atoms. The fourth-order valence-electron chi connectivity index (χ4n) is 2.30. The molecule has 1 atom stereocenters. The van der Waals surface area contributed by atoms with Crippen LogP contribution in [0.2, 0.25) is 0 Å². The van der Waals surface area contributed by atoms with Crippen molar-refractivity contribution in [3.63, 3.8) is 0 Å². The quantitative estimate of drug-likeness (QED) is 0.910. The maximum Gasteiger partial charge on any atom is 0.0994 e. The molecule has 0 radical (unpaired) electrons. The van der Waals surface area contributed by atoms with Crippen LogP contribution in [0.4, 0.5) is 0 Å². The third-order valence-electron chi connectivity index (χ3n) is 3.54. The molecule has 102 valence electrons. The molecule has 2 rings (SSSR count). The minimum atomic E-state index is 0.0316. The van der Waals surface area contributed by atoms with Gasteiger partial charge in [-0.05, 0) is 49.4 Å². The molecule has 0 saturated carbocycles. The summed E-state index contributed by atoms with van der Waals surface area (Å²) in [4.78, 5) is 4.26. The number of nitrogens with zero attached hydrogens (tertiary/aromatic N) is 2. The molecule has 1 aromatic carbocycles. The van der Waals surface area contributed by atoms with E-state index in [-0.39, 0.29) is 6.04 Å². The molecule has 0 aliphatic rings. The predicted molar refractivity (Wildman–Crippen MR) is 79.4 cm³/mol. The van der Waals surface area contributed by atoms with E-state index in [1.54, 1.807) is 0 Å². The molecule has 0 aliphatic carbocycles. The number of hydrogen-bond donors (Lipinski definition) is 1. The van der Waals surface area contributed by atoms with E-state index < -0.39 is 0 Å². The number of aromatic nitrogens is 2. The summed E-state index contributed by atoms with van der Waals surface area (Å²) in [6.07, 6.45) is 4.69. The minimum absolute atomic E-state index is 0.0316. The van der Waals surface area contributed by atoms with Crippen molar-refractivity contribution in [1.29, 1.82) is 0 Å². The van der Waals surface area contributed by atoms with E-state index in [1.165, 1.54) is 11.1 Å². The first kappa shape index (κ1) is 13.8. The zero-order valence-corrected chi connectivity index (χ0v) is 12.2. The van der Waals surface area contributed by atoms with Crippen molar-refractivity contribution in [3.05, 3.63) is 47.5 Å². The van der Waals surface area contributed by atoms with Gasteiger partial charge in [-0.1, -0.05) is 19.9 Å². The van der Waals surface area contributed by atoms with Crippen LogP contribution in [-0.4, -0.2) is 9.55 Å². The number of hydrogen-bond acceptors (Lipinski definition) is 2. The second kappa shape index (κ2) is 5.57. The molecule has 2 N–H and O–H groups in total. The van der Waals surface area contributed by atoms with Crippen molar-refractivity contribution in [2.75, 3.05) is 0 Å². The van der Waals surface area contributed by atoms with Crippen LogP contribution < -0.4 is 5.73 Å². The Balaban J connectivity index is 2.35. The molecule has 3 nitrogen and oxygen atoms in total. The van der Waals surface area contributed by atoms with Crippen LogP contribution in [0.3, 0.4) is 0 Å². The van der Waals surface area contributed by atoms with Crippen LogP contribution in [0.1, 0.15) is 43.1 Å². The van der Waals surface area contributed by atoms with Gasteiger partial charge in [-0.25, -0.2) is 4.98 Å². The van der Waals surface area contributed by atoms with Gasteiger partial charge in [-0.15, -0.1) is 0 Å². The fraction of sp³-hybridized carbons (Fsp3) is 0.438. The smallest absolute Gasteiger partial charge is 0.0994 e. The summed E-state index contributed by atoms with van der Waals surface area (Å²) in [6, 6.07) is 6.48. The van der Waals surface area contributed by atoms with E-state index in [0.717, 1.165) is 17.8 Å². The van der Waals surface area contributed by atoms with Gasteiger partial charge in [0.25, 0.3) is 0 Å². The molecular weight excluding hydrogens is 234 g/mol. The summed E-state index contributed by atoms with van der Waals surface area (Å²) in [5.41, 5.74) is 11.1. The SMILES string of the molecule is Cc1ccc(-n2cncc2C(N)CC(C)C)cc1C. The summed E-state index contributed by atoms with van der Waals surface area (Å²) in [7, 11) is 0. The van der Waals surface area contributed by atoms with Crippen LogP contribution in [0, 0.1) is 19.8 Å². The summed E-state index contributed by atoms with van der Waals surface area (Å²) in [5, 5.41) is 0. The van der Waals surface area contributed by atoms with Crippen molar-refractivity contribution in [2.24, 2.45) is 11.7 Å². The van der Waals surface area contributed by atoms with Crippen LogP contribution >= 0.6 is 0 Å². The molecule has 1 unspecified atom stereocenters. The van der Waals surface area contributed by atoms with E-state index in [9.17, 15) is 0 Å². The summed E-state index contributed by atoms with van der Waals surface area (Å²) in [6.45, 7) is 8.63. The van der Waals surface area contributed by atoms with Gasteiger partial charge in [0.05, 0.1) is 18.2 Å². The molecule has 1 heterocycles. The zero-order chi connectivity index (χ0) is 14.0. The van der Waals surface area contributed by atoms with Gasteiger partial charge in [0.1, 0.15) is 0 Å². The highest BCUT2D eigenvalue weighted by Gasteiger charge is 2.14. The normalized spacial score (nSPS) is 12.9. The van der Waals surface area contributed by atoms with Crippen LogP contribution in [-0.2, 0) is 0 Å². The lowest BCUT2D eigenvalue weighted by molar-refractivity contribution is 0.498. The Labute approximate surface area is 115 Å². The molecule has 0 fully saturated rings. The Morgan fingerprint density at radius 1 is 1.21 bits per heavy atom. The summed E-state index contributed by atoms with van der Waals surface area (Å²) in [5.74, 6) is 0.582. The first-order valence-electron chi connectivity index (χ1n) is 6.84. The van der Waals surface area contributed by atoms with Gasteiger partial charge in [0, 0.05) is 11.7 Å². The summed E-state index contributed by atoms with van der Waals surface area (Å²) < 4.78 is 2.10. The van der Waals surface area contributed by atoms with E-state index >= 15 is 0 Å². The first-order valence-corrected chi connectivity index (χ1v) is 6.84. The third kappa shape index (κ3) is 3.04. The first-order chi connectivity index (χ1) is 8.99. The lowest BCUT2D eigenvalue weighted by atomic mass is 10.0. The second-order valence-corrected chi connectivity index (χ2v) is 5.69. The number of aryl methyl sites for hydroxylation is 2. The average Bonchev–Trinajstić information content (AvgIpc) is 2.81. The van der Waals surface area contributed by atoms with Crippen LogP contribution in [0.5, 0.6) is 0 Å². The van der Waals surface area contributed by atoms with Crippen molar-refractivity contribution >= 4 is 0 Å². The lowest BCUT2D eigenvalue weighted by Crippen LogP contribution is -2.16. The largest absolute Gasteiger partial charge is 0.323 e. The number of rotatable bonds is 4. The molecular formula is C16H23N3. The maximum absolute atomic E-state index is 6.29. The van der Waals surface area contributed by atoms with E-state index in [4.69, 9.17) is 5.73 Å². The molecule has 2 aromatic rings. The van der Waals surface area contributed by atoms with E-state index in [2.05, 4.69) is 55.4 Å². The Kier molecular flexibility index (Phi) is 4.05. The Morgan fingerprint density at radius 2 is 1.95 bits per heavy atom. The maximum atomic E-state index is 6.29. The molecule has 0 aliphatic heterocycles. The molecule has 0 amide bonds. The molecule has 3 heteroatoms. The summed E-state index contributed by atoms with van der Waals surface area (Å²) >= 11 is 0. The van der Waals surface area contributed by atoms with Gasteiger partial charge in [0.15, 0.2) is 0 Å². The van der Waals surface area contributed by atoms with Gasteiger partial charge >= 0.3 is 0 Å². The highest BCUT2D eigenvalue weighted by atomic mass is 15.1. The minimum Gasteiger partial charge on any atom is -0.323 e. The fourth-order valence-corrected chi connectivity index (χ4v) is 2.30. The topological polar surface area (TPSA) is 43.8 Å². The van der Waals surface area contributed by atoms with Crippen molar-refractivity contribution in [3.8, 4) is 5.69 Å². The highest BCUT2D eigenvalue weighted by molar-refractivity contribution is 5.41. The molecule has 19 heavy (non-hydrogen) atoms. The van der Waals surface area contributed by atoms with Gasteiger partial charge in [-0.2, -0.15) is 0 Å². The van der Waals surface area contributed by atoms with Crippen molar-refractivity contribution in [2.45, 2.75) is 40.2 Å². The standard InChI is InChI=1S/C16H23N3/c1-11(2)7-15(17)16-9-18-10-19(16)14-6-5-12(3)13(4)8-14/h5-6,8-11,15H,7,17H2,1-4H3. The molecule has 1 aromatic heterocycles. The zero-order valence-electron chi connectivity index (χ0n) is 12.2. The van der Waals surface area contributed by atoms with Gasteiger partial charge in [0.2, 0.25) is 0 Å². The Hall–Kier alpha value is -1.61. The number of benzene rings is 1. The van der Waals surface area contributed by atoms with E-state index in [1.807, 2.05) is 12.5 Å². The predicted octanol–water partition coefficient (Wildman–Crippen LogP) is 3.54. The Bertz CT molecular complexity index is 555. The lowest BCUT2D eigenvalue weighted by Gasteiger charge is -2.17. The van der Waals surface area contributed by atoms with Crippen molar-refractivity contribution in [1.82, 2.24) is 9.55 Å². The number of nitrogens with two attached hydrogens (primary N) is 1. The highest BCUT2D eigenvalue weighted by Crippen LogP contribution is 2.22. The van der Waals surface area contributed by atoms with Crippen LogP contribution in [0.15, 0.2) is 30.7 Å². The van der Waals surface area contributed by atoms with Gasteiger partial charge in [-0.3, -0.25) is 0 Å². The molecule has 0 saturated heterocycles. The molecule has 0 bridgehead atoms. The third-order valence-corrected chi connectivity index (χ3v) is 3.54. The average molecular weight is 257 g/mol. The monoisotopic (exact) mass is 257 g/mol. The van der Waals surface area contributed by atoms with Crippen LogP contribution in [0.25, 0.3) is 5.69 Å². The van der Waals surface area contributed by atoms with E-state index in [0.29, 0.717) is 5.92 Å². The Morgan fingerprint density at radius 3 is 2.58 bits per heavy atom. The van der Waals surface area contributed by atoms with Crippen molar-refractivity contribution < 1.29 is 0 Å².